The van der Waals surface area contributed by atoms with Crippen molar-refractivity contribution >= 4 is 27.7 Å². The molecular weight excluding hydrogens is 506 g/mol. The number of likely N-dealkylation sites (N-methyl/N-ethyl adjacent to an activating group) is 1. The van der Waals surface area contributed by atoms with Crippen LogP contribution in [0.15, 0.2) is 77.5 Å². The van der Waals surface area contributed by atoms with E-state index < -0.39 is 12.0 Å². The molecule has 0 saturated carbocycles. The van der Waals surface area contributed by atoms with Crippen molar-refractivity contribution < 1.29 is 24.2 Å². The molecule has 0 spiro atoms. The van der Waals surface area contributed by atoms with Crippen LogP contribution in [0.5, 0.6) is 11.5 Å². The van der Waals surface area contributed by atoms with Crippen molar-refractivity contribution in [2.75, 3.05) is 33.2 Å². The van der Waals surface area contributed by atoms with E-state index in [2.05, 4.69) is 21.8 Å². The molecule has 1 saturated heterocycles. The first-order chi connectivity index (χ1) is 19.4. The molecule has 40 heavy (non-hydrogen) atoms. The summed E-state index contributed by atoms with van der Waals surface area (Å²) >= 11 is 0. The highest BCUT2D eigenvalue weighted by Crippen LogP contribution is 2.48. The number of carboxylic acid groups (broad SMARTS) is 1. The van der Waals surface area contributed by atoms with Gasteiger partial charge in [-0.05, 0) is 55.4 Å². The fourth-order valence-electron chi connectivity index (χ4n) is 5.71. The number of phenolic OH excluding ortho intramolecular Hbond substituents is 1. The van der Waals surface area contributed by atoms with Crippen molar-refractivity contribution in [2.45, 2.75) is 19.6 Å². The third-order valence-electron chi connectivity index (χ3n) is 7.76. The third kappa shape index (κ3) is 4.65. The van der Waals surface area contributed by atoms with E-state index in [1.807, 2.05) is 60.7 Å². The number of benzene rings is 3. The van der Waals surface area contributed by atoms with Crippen molar-refractivity contribution in [2.24, 2.45) is 0 Å². The molecule has 1 fully saturated rings. The second-order valence-electron chi connectivity index (χ2n) is 10.3. The van der Waals surface area contributed by atoms with Gasteiger partial charge in [0.05, 0.1) is 6.04 Å². The highest BCUT2D eigenvalue weighted by Gasteiger charge is 2.34. The van der Waals surface area contributed by atoms with E-state index in [0.717, 1.165) is 37.3 Å². The van der Waals surface area contributed by atoms with Crippen molar-refractivity contribution in [3.8, 4) is 11.5 Å². The number of hydrogen-bond donors (Lipinski definition) is 2. The summed E-state index contributed by atoms with van der Waals surface area (Å²) in [5.74, 6) is -0.173. The molecule has 1 aliphatic heterocycles. The normalized spacial score (nSPS) is 15.4. The predicted molar refractivity (Wildman–Crippen MR) is 153 cm³/mol. The van der Waals surface area contributed by atoms with Gasteiger partial charge in [-0.25, -0.2) is 4.79 Å². The van der Waals surface area contributed by atoms with Crippen LogP contribution in [-0.4, -0.2) is 64.2 Å². The van der Waals surface area contributed by atoms with Gasteiger partial charge in [0.2, 0.25) is 0 Å². The molecule has 5 aromatic rings. The number of carbonyl (C=O) groups is 1. The van der Waals surface area contributed by atoms with Gasteiger partial charge in [0.25, 0.3) is 0 Å². The van der Waals surface area contributed by atoms with E-state index in [-0.39, 0.29) is 11.3 Å². The molecule has 3 heterocycles. The van der Waals surface area contributed by atoms with Crippen molar-refractivity contribution in [3.63, 3.8) is 0 Å². The number of ether oxygens (including phenoxy) is 1. The summed E-state index contributed by atoms with van der Waals surface area (Å²) in [5.41, 5.74) is 2.98. The first kappa shape index (κ1) is 25.9. The molecule has 0 amide bonds. The molecule has 8 heteroatoms. The Morgan fingerprint density at radius 2 is 1.75 bits per heavy atom. The van der Waals surface area contributed by atoms with E-state index in [0.29, 0.717) is 45.4 Å². The first-order valence-corrected chi connectivity index (χ1v) is 13.4. The quantitative estimate of drug-likeness (QED) is 0.276. The van der Waals surface area contributed by atoms with E-state index in [1.165, 1.54) is 0 Å². The lowest BCUT2D eigenvalue weighted by atomic mass is 9.89. The van der Waals surface area contributed by atoms with Crippen molar-refractivity contribution in [1.29, 1.82) is 0 Å². The number of piperazine rings is 1. The third-order valence-corrected chi connectivity index (χ3v) is 7.76. The summed E-state index contributed by atoms with van der Waals surface area (Å²) in [6.45, 7) is 5.25. The fraction of sp³-hybridized carbons (Fsp3) is 0.250. The van der Waals surface area contributed by atoms with Gasteiger partial charge in [0.15, 0.2) is 0 Å². The molecule has 6 rings (SSSR count). The number of carboxylic acids is 1. The number of fused-ring (bicyclic) bond motifs is 3. The maximum atomic E-state index is 12.6. The van der Waals surface area contributed by atoms with Crippen molar-refractivity contribution in [3.05, 3.63) is 101 Å². The van der Waals surface area contributed by atoms with E-state index in [1.54, 1.807) is 19.3 Å². The first-order valence-electron chi connectivity index (χ1n) is 13.4. The zero-order valence-electron chi connectivity index (χ0n) is 22.5. The Kier molecular flexibility index (Phi) is 6.88. The lowest BCUT2D eigenvalue weighted by Crippen LogP contribution is -2.46. The van der Waals surface area contributed by atoms with Gasteiger partial charge in [-0.3, -0.25) is 9.88 Å². The number of aromatic carboxylic acids is 1. The largest absolute Gasteiger partial charge is 0.507 e. The lowest BCUT2D eigenvalue weighted by molar-refractivity contribution is 0.0696. The highest BCUT2D eigenvalue weighted by atomic mass is 16.5. The van der Waals surface area contributed by atoms with Crippen molar-refractivity contribution in [1.82, 2.24) is 14.8 Å². The minimum absolute atomic E-state index is 0.0247. The van der Waals surface area contributed by atoms with Crippen LogP contribution >= 0.6 is 0 Å². The Balaban J connectivity index is 1.58. The molecule has 3 aromatic carbocycles. The van der Waals surface area contributed by atoms with Crippen LogP contribution in [0.25, 0.3) is 21.7 Å². The van der Waals surface area contributed by atoms with Gasteiger partial charge in [-0.1, -0.05) is 30.3 Å². The Hall–Kier alpha value is -4.40. The molecule has 0 radical (unpaired) electrons. The number of pyridine rings is 1. The zero-order chi connectivity index (χ0) is 27.8. The fourth-order valence-corrected chi connectivity index (χ4v) is 5.71. The number of phenols is 1. The van der Waals surface area contributed by atoms with Crippen LogP contribution in [0, 0.1) is 6.92 Å². The predicted octanol–water partition coefficient (Wildman–Crippen LogP) is 5.61. The van der Waals surface area contributed by atoms with Gasteiger partial charge in [-0.15, -0.1) is 0 Å². The summed E-state index contributed by atoms with van der Waals surface area (Å²) in [7, 11) is 2.09. The second-order valence-corrected chi connectivity index (χ2v) is 10.3. The molecule has 8 nitrogen and oxygen atoms in total. The summed E-state index contributed by atoms with van der Waals surface area (Å²) in [4.78, 5) is 21.3. The smallest absolute Gasteiger partial charge is 0.339 e. The van der Waals surface area contributed by atoms with Crippen LogP contribution in [0.1, 0.15) is 38.9 Å². The van der Waals surface area contributed by atoms with E-state index in [9.17, 15) is 15.0 Å². The van der Waals surface area contributed by atoms with Gasteiger partial charge in [0, 0.05) is 60.3 Å². The van der Waals surface area contributed by atoms with Gasteiger partial charge >= 0.3 is 5.97 Å². The minimum Gasteiger partial charge on any atom is -0.507 e. The molecule has 0 aliphatic carbocycles. The van der Waals surface area contributed by atoms with Crippen LogP contribution in [-0.2, 0) is 6.61 Å². The zero-order valence-corrected chi connectivity index (χ0v) is 22.5. The number of aromatic hydroxyl groups is 1. The molecule has 1 atom stereocenters. The highest BCUT2D eigenvalue weighted by molar-refractivity contribution is 6.16. The molecule has 2 N–H and O–H groups in total. The number of hydrogen-bond acceptors (Lipinski definition) is 7. The number of furan rings is 1. The molecule has 2 aromatic heterocycles. The summed E-state index contributed by atoms with van der Waals surface area (Å²) in [6, 6.07) is 18.8. The number of aryl methyl sites for hydroxylation is 1. The van der Waals surface area contributed by atoms with Gasteiger partial charge in [0.1, 0.15) is 35.0 Å². The number of nitrogens with zero attached hydrogens (tertiary/aromatic N) is 3. The SMILES string of the molecule is Cc1oc2c(c1C(=O)O)c(C(c1ccncc1)N1CCN(C)CC1)c(O)c1cc(OCc3ccccc3)ccc12. The summed E-state index contributed by atoms with van der Waals surface area (Å²) in [6.07, 6.45) is 3.45. The molecule has 0 bridgehead atoms. The molecular formula is C32H31N3O5. The standard InChI is InChI=1S/C32H31N3O5/c1-20-26(32(37)38)27-28(29(22-10-12-33-13-11-22)35-16-14-34(2)15-17-35)30(36)25-18-23(8-9-24(25)31(27)40-20)39-19-21-6-4-3-5-7-21/h3-13,18,29,36H,14-17,19H2,1-2H3,(H,37,38). The molecule has 1 aliphatic rings. The maximum absolute atomic E-state index is 12.6. The van der Waals surface area contributed by atoms with Gasteiger partial charge in [-0.2, -0.15) is 0 Å². The maximum Gasteiger partial charge on any atom is 0.339 e. The summed E-state index contributed by atoms with van der Waals surface area (Å²) < 4.78 is 12.2. The molecule has 1 unspecified atom stereocenters. The topological polar surface area (TPSA) is 99.3 Å². The number of rotatable bonds is 7. The minimum atomic E-state index is -1.09. The Morgan fingerprint density at radius 1 is 1.02 bits per heavy atom. The average molecular weight is 538 g/mol. The average Bonchev–Trinajstić information content (AvgIpc) is 3.32. The van der Waals surface area contributed by atoms with E-state index in [4.69, 9.17) is 9.15 Å². The Labute approximate surface area is 232 Å². The van der Waals surface area contributed by atoms with Gasteiger partial charge < -0.3 is 24.3 Å². The summed E-state index contributed by atoms with van der Waals surface area (Å²) in [5, 5.41) is 23.9. The molecule has 204 valence electrons. The van der Waals surface area contributed by atoms with Crippen LogP contribution in [0.3, 0.4) is 0 Å². The van der Waals surface area contributed by atoms with E-state index >= 15 is 0 Å². The lowest BCUT2D eigenvalue weighted by Gasteiger charge is -2.39. The Morgan fingerprint density at radius 3 is 2.45 bits per heavy atom. The van der Waals surface area contributed by atoms with Crippen LogP contribution in [0.4, 0.5) is 0 Å². The monoisotopic (exact) mass is 537 g/mol. The van der Waals surface area contributed by atoms with Crippen LogP contribution < -0.4 is 4.74 Å². The number of aromatic nitrogens is 1. The van der Waals surface area contributed by atoms with Crippen LogP contribution in [0.2, 0.25) is 0 Å². The Bertz CT molecular complexity index is 1680. The second kappa shape index (κ2) is 10.6.